The lowest BCUT2D eigenvalue weighted by atomic mass is 10.0. The fraction of sp³-hybridized carbons (Fsp3) is 0.746. The summed E-state index contributed by atoms with van der Waals surface area (Å²) in [6.07, 6.45) is 91.7. The predicted molar refractivity (Wildman–Crippen MR) is 317 cm³/mol. The van der Waals surface area contributed by atoms with Crippen LogP contribution in [0.5, 0.6) is 0 Å². The van der Waals surface area contributed by atoms with Gasteiger partial charge < -0.3 is 15.5 Å². The molecule has 1 amide bonds. The van der Waals surface area contributed by atoms with Gasteiger partial charge in [-0.15, -0.1) is 0 Å². The number of allylic oxidation sites excluding steroid dienone is 15. The summed E-state index contributed by atoms with van der Waals surface area (Å²) in [5, 5.41) is 23.2. The molecule has 0 aliphatic rings. The smallest absolute Gasteiger partial charge is 0.220 e. The van der Waals surface area contributed by atoms with Crippen LogP contribution < -0.4 is 5.32 Å². The molecule has 0 aromatic carbocycles. The minimum atomic E-state index is -0.878. The molecule has 0 heterocycles. The van der Waals surface area contributed by atoms with Gasteiger partial charge in [0.15, 0.2) is 0 Å². The topological polar surface area (TPSA) is 69.6 Å². The number of carbonyl (C=O) groups excluding carboxylic acids is 1. The Morgan fingerprint density at radius 2 is 0.634 bits per heavy atom. The first-order valence-electron chi connectivity index (χ1n) is 31.0. The first kappa shape index (κ1) is 68.3. The van der Waals surface area contributed by atoms with E-state index in [0.717, 1.165) is 70.6 Å². The average Bonchev–Trinajstić information content (AvgIpc) is 3.37. The van der Waals surface area contributed by atoms with Crippen molar-refractivity contribution in [3.63, 3.8) is 0 Å². The van der Waals surface area contributed by atoms with E-state index in [2.05, 4.69) is 104 Å². The zero-order valence-corrected chi connectivity index (χ0v) is 47.2. The van der Waals surface area contributed by atoms with E-state index in [1.807, 2.05) is 6.08 Å². The Hall–Kier alpha value is -2.69. The highest BCUT2D eigenvalue weighted by molar-refractivity contribution is 5.76. The monoisotopic (exact) mass is 986 g/mol. The largest absolute Gasteiger partial charge is 0.394 e. The van der Waals surface area contributed by atoms with Crippen LogP contribution in [0, 0.1) is 0 Å². The van der Waals surface area contributed by atoms with Crippen molar-refractivity contribution < 1.29 is 15.0 Å². The van der Waals surface area contributed by atoms with Gasteiger partial charge in [0.1, 0.15) is 0 Å². The van der Waals surface area contributed by atoms with Crippen LogP contribution in [0.2, 0.25) is 0 Å². The SMILES string of the molecule is CC/C=C\C/C=C\C/C=C\C/C=C\C/C=C\CCCCCCCCCCCCCCCC(=O)NC(CO)C(O)/C=C/CC/C=C/CC/C=C/CCCCCCCCCCCCCCCCCCCCCC. The molecule has 410 valence electrons. The Bertz CT molecular complexity index is 1300. The molecule has 0 bridgehead atoms. The van der Waals surface area contributed by atoms with Crippen LogP contribution in [-0.4, -0.2) is 34.9 Å². The Morgan fingerprint density at radius 1 is 0.352 bits per heavy atom. The summed E-state index contributed by atoms with van der Waals surface area (Å²) in [5.74, 6) is -0.0802. The fourth-order valence-electron chi connectivity index (χ4n) is 9.12. The highest BCUT2D eigenvalue weighted by atomic mass is 16.3. The highest BCUT2D eigenvalue weighted by Crippen LogP contribution is 2.17. The molecule has 0 aliphatic heterocycles. The summed E-state index contributed by atoms with van der Waals surface area (Å²) in [5.41, 5.74) is 0. The van der Waals surface area contributed by atoms with E-state index < -0.39 is 12.1 Å². The number of carbonyl (C=O) groups is 1. The molecule has 3 N–H and O–H groups in total. The zero-order chi connectivity index (χ0) is 51.3. The van der Waals surface area contributed by atoms with Crippen molar-refractivity contribution in [3.8, 4) is 0 Å². The molecule has 2 atom stereocenters. The molecule has 4 nitrogen and oxygen atoms in total. The molecule has 0 radical (unpaired) electrons. The number of nitrogens with one attached hydrogen (secondary N) is 1. The Morgan fingerprint density at radius 3 is 0.986 bits per heavy atom. The Balaban J connectivity index is 3.56. The zero-order valence-electron chi connectivity index (χ0n) is 47.2. The van der Waals surface area contributed by atoms with Crippen LogP contribution in [0.15, 0.2) is 97.2 Å². The molecule has 2 unspecified atom stereocenters. The minimum Gasteiger partial charge on any atom is -0.394 e. The number of aliphatic hydroxyl groups is 2. The lowest BCUT2D eigenvalue weighted by Crippen LogP contribution is -2.45. The quantitative estimate of drug-likeness (QED) is 0.0420. The maximum Gasteiger partial charge on any atom is 0.220 e. The summed E-state index contributed by atoms with van der Waals surface area (Å²) >= 11 is 0. The molecule has 0 rings (SSSR count). The van der Waals surface area contributed by atoms with Gasteiger partial charge in [-0.1, -0.05) is 304 Å². The van der Waals surface area contributed by atoms with Crippen LogP contribution in [0.25, 0.3) is 0 Å². The third-order valence-electron chi connectivity index (χ3n) is 13.8. The lowest BCUT2D eigenvalue weighted by Gasteiger charge is -2.19. The van der Waals surface area contributed by atoms with Gasteiger partial charge in [0, 0.05) is 6.42 Å². The van der Waals surface area contributed by atoms with E-state index in [1.54, 1.807) is 6.08 Å². The lowest BCUT2D eigenvalue weighted by molar-refractivity contribution is -0.123. The van der Waals surface area contributed by atoms with Crippen LogP contribution in [0.1, 0.15) is 303 Å². The second kappa shape index (κ2) is 61.6. The Kier molecular flexibility index (Phi) is 59.3. The fourth-order valence-corrected chi connectivity index (χ4v) is 9.12. The van der Waals surface area contributed by atoms with Crippen molar-refractivity contribution in [1.29, 1.82) is 0 Å². The molecule has 0 spiro atoms. The number of rotatable bonds is 56. The third-order valence-corrected chi connectivity index (χ3v) is 13.8. The van der Waals surface area contributed by atoms with Gasteiger partial charge in [-0.05, 0) is 89.9 Å². The molecule has 0 aromatic rings. The summed E-state index contributed by atoms with van der Waals surface area (Å²) < 4.78 is 0. The minimum absolute atomic E-state index is 0.0802. The van der Waals surface area contributed by atoms with E-state index in [1.165, 1.54) is 212 Å². The predicted octanol–water partition coefficient (Wildman–Crippen LogP) is 20.9. The van der Waals surface area contributed by atoms with Crippen LogP contribution in [0.4, 0.5) is 0 Å². The van der Waals surface area contributed by atoms with Gasteiger partial charge in [0.25, 0.3) is 0 Å². The van der Waals surface area contributed by atoms with Gasteiger partial charge >= 0.3 is 0 Å². The first-order chi connectivity index (χ1) is 35.2. The maximum absolute atomic E-state index is 12.5. The maximum atomic E-state index is 12.5. The summed E-state index contributed by atoms with van der Waals surface area (Å²) in [4.78, 5) is 12.5. The van der Waals surface area contributed by atoms with Gasteiger partial charge in [-0.2, -0.15) is 0 Å². The standard InChI is InChI=1S/C67H119NO3/c1-3-5-7-9-11-13-15-17-19-21-23-25-27-29-31-33-35-36-38-40-42-44-46-48-50-52-54-56-58-60-62-66(70)65(64-69)68-67(71)63-61-59-57-55-53-51-49-47-45-43-41-39-37-34-32-30-28-26-24-22-20-18-16-14-12-10-8-6-4-2/h6,8,12,14,18,20,24,26,30,32,44,46,52,54,60,62,65-66,69-70H,3-5,7,9-11,13,15-17,19,21-23,25,27-29,31,33-43,45,47-51,53,55-59,61,63-64H2,1-2H3,(H,68,71)/b8-6-,14-12-,20-18-,26-24-,32-30-,46-44+,54-52+,62-60+. The molecule has 0 saturated heterocycles. The van der Waals surface area contributed by atoms with Crippen molar-refractivity contribution in [2.45, 2.75) is 315 Å². The first-order valence-corrected chi connectivity index (χ1v) is 31.0. The molecule has 4 heteroatoms. The average molecular weight is 987 g/mol. The van der Waals surface area contributed by atoms with E-state index in [0.29, 0.717) is 6.42 Å². The molecular formula is C67H119NO3. The molecule has 0 fully saturated rings. The number of amides is 1. The summed E-state index contributed by atoms with van der Waals surface area (Å²) in [6.45, 7) is 4.20. The number of unbranched alkanes of at least 4 members (excludes halogenated alkanes) is 35. The third kappa shape index (κ3) is 58.1. The second-order valence-electron chi connectivity index (χ2n) is 20.7. The van der Waals surface area contributed by atoms with E-state index in [4.69, 9.17) is 0 Å². The molecule has 71 heavy (non-hydrogen) atoms. The highest BCUT2D eigenvalue weighted by Gasteiger charge is 2.18. The van der Waals surface area contributed by atoms with Crippen molar-refractivity contribution >= 4 is 5.91 Å². The van der Waals surface area contributed by atoms with Crippen LogP contribution >= 0.6 is 0 Å². The van der Waals surface area contributed by atoms with Gasteiger partial charge in [-0.25, -0.2) is 0 Å². The molecular weight excluding hydrogens is 867 g/mol. The van der Waals surface area contributed by atoms with Crippen molar-refractivity contribution in [3.05, 3.63) is 97.2 Å². The molecule has 0 saturated carbocycles. The Labute approximate surface area is 443 Å². The van der Waals surface area contributed by atoms with Crippen LogP contribution in [-0.2, 0) is 4.79 Å². The van der Waals surface area contributed by atoms with Gasteiger partial charge in [0.05, 0.1) is 18.8 Å². The summed E-state index contributed by atoms with van der Waals surface area (Å²) in [6, 6.07) is -0.653. The molecule has 0 aliphatic carbocycles. The van der Waals surface area contributed by atoms with E-state index in [-0.39, 0.29) is 12.5 Å². The van der Waals surface area contributed by atoms with Gasteiger partial charge in [0.2, 0.25) is 5.91 Å². The van der Waals surface area contributed by atoms with E-state index >= 15 is 0 Å². The van der Waals surface area contributed by atoms with Crippen LogP contribution in [0.3, 0.4) is 0 Å². The normalized spacial score (nSPS) is 13.5. The van der Waals surface area contributed by atoms with Crippen molar-refractivity contribution in [1.82, 2.24) is 5.32 Å². The second-order valence-corrected chi connectivity index (χ2v) is 20.7. The molecule has 0 aromatic heterocycles. The number of aliphatic hydroxyl groups excluding tert-OH is 2. The number of hydrogen-bond donors (Lipinski definition) is 3. The van der Waals surface area contributed by atoms with Crippen molar-refractivity contribution in [2.24, 2.45) is 0 Å². The number of hydrogen-bond acceptors (Lipinski definition) is 3. The van der Waals surface area contributed by atoms with Crippen molar-refractivity contribution in [2.75, 3.05) is 6.61 Å². The van der Waals surface area contributed by atoms with E-state index in [9.17, 15) is 15.0 Å². The summed E-state index contributed by atoms with van der Waals surface area (Å²) in [7, 11) is 0. The van der Waals surface area contributed by atoms with Gasteiger partial charge in [-0.3, -0.25) is 4.79 Å².